The molecule has 1 aromatic heterocycles. The lowest BCUT2D eigenvalue weighted by atomic mass is 10.1. The molecule has 0 radical (unpaired) electrons. The minimum atomic E-state index is 0.270. The van der Waals surface area contributed by atoms with Crippen molar-refractivity contribution in [3.8, 4) is 11.5 Å². The van der Waals surface area contributed by atoms with Crippen molar-refractivity contribution in [3.63, 3.8) is 0 Å². The van der Waals surface area contributed by atoms with Gasteiger partial charge in [-0.3, -0.25) is 4.90 Å². The molecule has 0 aliphatic carbocycles. The Morgan fingerprint density at radius 2 is 1.89 bits per heavy atom. The van der Waals surface area contributed by atoms with Gasteiger partial charge in [0.25, 0.3) is 0 Å². The maximum absolute atomic E-state index is 5.87. The van der Waals surface area contributed by atoms with Gasteiger partial charge in [0.1, 0.15) is 11.5 Å². The van der Waals surface area contributed by atoms with Crippen LogP contribution in [0.25, 0.3) is 0 Å². The van der Waals surface area contributed by atoms with Crippen LogP contribution in [-0.2, 0) is 17.8 Å². The van der Waals surface area contributed by atoms with Crippen molar-refractivity contribution in [2.45, 2.75) is 32.0 Å². The van der Waals surface area contributed by atoms with Crippen LogP contribution in [0.2, 0.25) is 0 Å². The van der Waals surface area contributed by atoms with Gasteiger partial charge in [0.2, 0.25) is 5.95 Å². The van der Waals surface area contributed by atoms with E-state index in [4.69, 9.17) is 14.2 Å². The highest BCUT2D eigenvalue weighted by molar-refractivity contribution is 5.40. The molecule has 1 aliphatic heterocycles. The molecule has 7 heteroatoms. The molecule has 7 nitrogen and oxygen atoms in total. The fourth-order valence-corrected chi connectivity index (χ4v) is 3.40. The van der Waals surface area contributed by atoms with Gasteiger partial charge in [0.15, 0.2) is 0 Å². The van der Waals surface area contributed by atoms with Crippen LogP contribution >= 0.6 is 0 Å². The summed E-state index contributed by atoms with van der Waals surface area (Å²) in [6.45, 7) is 3.22. The van der Waals surface area contributed by atoms with Crippen LogP contribution in [0.1, 0.15) is 24.0 Å². The molecular formula is C21H30N4O3. The third kappa shape index (κ3) is 5.33. The topological polar surface area (TPSA) is 60.0 Å². The van der Waals surface area contributed by atoms with Crippen LogP contribution in [0.4, 0.5) is 5.95 Å². The third-order valence-electron chi connectivity index (χ3n) is 4.87. The largest absolute Gasteiger partial charge is 0.497 e. The van der Waals surface area contributed by atoms with E-state index < -0.39 is 0 Å². The molecule has 152 valence electrons. The van der Waals surface area contributed by atoms with Crippen LogP contribution in [0, 0.1) is 0 Å². The normalized spacial score (nSPS) is 16.4. The van der Waals surface area contributed by atoms with E-state index in [9.17, 15) is 0 Å². The highest BCUT2D eigenvalue weighted by atomic mass is 16.5. The monoisotopic (exact) mass is 386 g/mol. The Balaban J connectivity index is 1.76. The van der Waals surface area contributed by atoms with Gasteiger partial charge in [-0.25, -0.2) is 9.97 Å². The van der Waals surface area contributed by atoms with Crippen LogP contribution in [0.15, 0.2) is 30.6 Å². The number of benzene rings is 1. The minimum absolute atomic E-state index is 0.270. The summed E-state index contributed by atoms with van der Waals surface area (Å²) in [5.41, 5.74) is 2.20. The highest BCUT2D eigenvalue weighted by Crippen LogP contribution is 2.27. The summed E-state index contributed by atoms with van der Waals surface area (Å²) in [5.74, 6) is 2.33. The number of methoxy groups -OCH3 is 2. The fourth-order valence-electron chi connectivity index (χ4n) is 3.40. The van der Waals surface area contributed by atoms with Gasteiger partial charge in [-0.05, 0) is 18.9 Å². The smallest absolute Gasteiger partial charge is 0.224 e. The predicted octanol–water partition coefficient (Wildman–Crippen LogP) is 2.74. The van der Waals surface area contributed by atoms with Gasteiger partial charge < -0.3 is 19.1 Å². The zero-order chi connectivity index (χ0) is 19.9. The average Bonchev–Trinajstić information content (AvgIpc) is 3.21. The number of ether oxygens (including phenoxy) is 3. The molecule has 3 rings (SSSR count). The number of hydrogen-bond acceptors (Lipinski definition) is 7. The molecule has 2 aromatic rings. The van der Waals surface area contributed by atoms with Crippen molar-refractivity contribution in [2.75, 3.05) is 46.4 Å². The number of anilines is 1. The molecule has 0 amide bonds. The lowest BCUT2D eigenvalue weighted by Crippen LogP contribution is -2.31. The molecule has 0 saturated carbocycles. The molecule has 1 atom stereocenters. The summed E-state index contributed by atoms with van der Waals surface area (Å²) in [7, 11) is 7.23. The Bertz CT molecular complexity index is 746. The minimum Gasteiger partial charge on any atom is -0.497 e. The first kappa shape index (κ1) is 20.4. The molecule has 0 bridgehead atoms. The van der Waals surface area contributed by atoms with Crippen molar-refractivity contribution in [3.05, 3.63) is 41.7 Å². The molecule has 1 unspecified atom stereocenters. The van der Waals surface area contributed by atoms with Crippen LogP contribution in [-0.4, -0.2) is 62.4 Å². The maximum atomic E-state index is 5.87. The molecule has 0 spiro atoms. The van der Waals surface area contributed by atoms with E-state index in [2.05, 4.69) is 20.9 Å². The van der Waals surface area contributed by atoms with Crippen LogP contribution in [0.3, 0.4) is 0 Å². The third-order valence-corrected chi connectivity index (χ3v) is 4.87. The van der Waals surface area contributed by atoms with Crippen molar-refractivity contribution in [1.29, 1.82) is 0 Å². The van der Waals surface area contributed by atoms with E-state index in [0.29, 0.717) is 5.95 Å². The van der Waals surface area contributed by atoms with Crippen molar-refractivity contribution < 1.29 is 14.2 Å². The lowest BCUT2D eigenvalue weighted by molar-refractivity contribution is 0.0675. The number of hydrogen-bond donors (Lipinski definition) is 0. The summed E-state index contributed by atoms with van der Waals surface area (Å²) in [4.78, 5) is 13.2. The van der Waals surface area contributed by atoms with Gasteiger partial charge in [-0.2, -0.15) is 0 Å². The number of rotatable bonds is 9. The first-order chi connectivity index (χ1) is 13.6. The molecule has 2 heterocycles. The standard InChI is InChI=1S/C21H30N4O3/c1-24(2)21-22-11-16(12-23-21)13-25(15-19-6-5-9-28-19)14-17-7-8-18(26-3)10-20(17)27-4/h7-8,10-12,19H,5-6,9,13-15H2,1-4H3. The van der Waals surface area contributed by atoms with Crippen molar-refractivity contribution in [1.82, 2.24) is 14.9 Å². The fraction of sp³-hybridized carbons (Fsp3) is 0.524. The zero-order valence-corrected chi connectivity index (χ0v) is 17.2. The SMILES string of the molecule is COc1ccc(CN(Cc2cnc(N(C)C)nc2)CC2CCCO2)c(OC)c1. The molecule has 1 aromatic carbocycles. The summed E-state index contributed by atoms with van der Waals surface area (Å²) < 4.78 is 16.8. The lowest BCUT2D eigenvalue weighted by Gasteiger charge is -2.26. The molecule has 1 fully saturated rings. The highest BCUT2D eigenvalue weighted by Gasteiger charge is 2.21. The van der Waals surface area contributed by atoms with E-state index in [1.54, 1.807) is 14.2 Å². The second-order valence-electron chi connectivity index (χ2n) is 7.27. The molecular weight excluding hydrogens is 356 g/mol. The zero-order valence-electron chi connectivity index (χ0n) is 17.2. The average molecular weight is 386 g/mol. The van der Waals surface area contributed by atoms with Gasteiger partial charge in [0.05, 0.1) is 20.3 Å². The molecule has 1 aliphatic rings. The Kier molecular flexibility index (Phi) is 7.06. The molecule has 0 N–H and O–H groups in total. The van der Waals surface area contributed by atoms with Crippen LogP contribution in [0.5, 0.6) is 11.5 Å². The second kappa shape index (κ2) is 9.71. The first-order valence-corrected chi connectivity index (χ1v) is 9.62. The first-order valence-electron chi connectivity index (χ1n) is 9.62. The van der Waals surface area contributed by atoms with Crippen molar-refractivity contribution in [2.24, 2.45) is 0 Å². The summed E-state index contributed by atoms with van der Waals surface area (Å²) in [5, 5.41) is 0. The Labute approximate surface area is 167 Å². The summed E-state index contributed by atoms with van der Waals surface area (Å²) in [6.07, 6.45) is 6.30. The second-order valence-corrected chi connectivity index (χ2v) is 7.27. The van der Waals surface area contributed by atoms with E-state index >= 15 is 0 Å². The Morgan fingerprint density at radius 3 is 2.50 bits per heavy atom. The number of aromatic nitrogens is 2. The predicted molar refractivity (Wildman–Crippen MR) is 109 cm³/mol. The Hall–Kier alpha value is -2.38. The van der Waals surface area contributed by atoms with Gasteiger partial charge in [0, 0.05) is 69.9 Å². The van der Waals surface area contributed by atoms with E-state index in [1.165, 1.54) is 0 Å². The van der Waals surface area contributed by atoms with Gasteiger partial charge >= 0.3 is 0 Å². The summed E-state index contributed by atoms with van der Waals surface area (Å²) >= 11 is 0. The summed E-state index contributed by atoms with van der Waals surface area (Å²) in [6, 6.07) is 5.96. The van der Waals surface area contributed by atoms with Gasteiger partial charge in [-0.1, -0.05) is 6.07 Å². The quantitative estimate of drug-likeness (QED) is 0.657. The van der Waals surface area contributed by atoms with Crippen molar-refractivity contribution >= 4 is 5.95 Å². The van der Waals surface area contributed by atoms with Crippen LogP contribution < -0.4 is 14.4 Å². The van der Waals surface area contributed by atoms with E-state index in [0.717, 1.165) is 61.7 Å². The van der Waals surface area contributed by atoms with E-state index in [1.807, 2.05) is 43.5 Å². The molecule has 1 saturated heterocycles. The maximum Gasteiger partial charge on any atom is 0.224 e. The van der Waals surface area contributed by atoms with E-state index in [-0.39, 0.29) is 6.10 Å². The molecule has 28 heavy (non-hydrogen) atoms. The Morgan fingerprint density at radius 1 is 1.11 bits per heavy atom. The number of nitrogens with zero attached hydrogens (tertiary/aromatic N) is 4. The van der Waals surface area contributed by atoms with Gasteiger partial charge in [-0.15, -0.1) is 0 Å².